The van der Waals surface area contributed by atoms with Crippen molar-refractivity contribution < 1.29 is 9.47 Å². The van der Waals surface area contributed by atoms with Gasteiger partial charge in [-0.3, -0.25) is 0 Å². The van der Waals surface area contributed by atoms with Gasteiger partial charge in [0.1, 0.15) is 0 Å². The summed E-state index contributed by atoms with van der Waals surface area (Å²) < 4.78 is 11.9. The first-order valence-corrected chi connectivity index (χ1v) is 8.55. The lowest BCUT2D eigenvalue weighted by Crippen LogP contribution is -2.32. The molecule has 0 fully saturated rings. The number of rotatable bonds is 12. The van der Waals surface area contributed by atoms with Crippen LogP contribution in [0.4, 0.5) is 0 Å². The summed E-state index contributed by atoms with van der Waals surface area (Å²) in [6.45, 7) is 12.3. The fourth-order valence-electron chi connectivity index (χ4n) is 1.91. The molecule has 0 aromatic heterocycles. The largest absolute Gasteiger partial charge is 0.352 e. The smallest absolute Gasteiger partial charge is 0.162 e. The predicted molar refractivity (Wildman–Crippen MR) is 92.5 cm³/mol. The van der Waals surface area contributed by atoms with Gasteiger partial charge in [-0.1, -0.05) is 58.9 Å². The van der Waals surface area contributed by atoms with Crippen LogP contribution in [0.25, 0.3) is 0 Å². The van der Waals surface area contributed by atoms with Crippen molar-refractivity contribution in [2.45, 2.75) is 79.4 Å². The quantitative estimate of drug-likeness (QED) is 0.254. The van der Waals surface area contributed by atoms with E-state index in [1.807, 2.05) is 0 Å². The van der Waals surface area contributed by atoms with Crippen LogP contribution in [0.1, 0.15) is 73.1 Å². The van der Waals surface area contributed by atoms with Crippen LogP contribution in [0.3, 0.4) is 0 Å². The highest BCUT2D eigenvalue weighted by atomic mass is 16.7. The molecule has 2 heteroatoms. The Bertz CT molecular complexity index is 274. The minimum atomic E-state index is -0.112. The van der Waals surface area contributed by atoms with Crippen molar-refractivity contribution in [2.24, 2.45) is 5.41 Å². The molecule has 0 bridgehead atoms. The Morgan fingerprint density at radius 3 is 1.90 bits per heavy atom. The molecule has 0 aliphatic heterocycles. The van der Waals surface area contributed by atoms with Crippen LogP contribution in [0.15, 0.2) is 24.3 Å². The van der Waals surface area contributed by atoms with Gasteiger partial charge in [0, 0.05) is 12.0 Å². The standard InChI is InChI=1S/C19H36O2/c1-6-8-10-12-13-15-17-21-18(19(3,4)5)20-16-14-11-9-7-2/h8-11,18H,6-7,12-17H2,1-5H3/b10-8-,11-9-. The Morgan fingerprint density at radius 1 is 0.762 bits per heavy atom. The minimum Gasteiger partial charge on any atom is -0.352 e. The van der Waals surface area contributed by atoms with E-state index in [-0.39, 0.29) is 11.7 Å². The Morgan fingerprint density at radius 2 is 1.33 bits per heavy atom. The van der Waals surface area contributed by atoms with E-state index in [1.165, 1.54) is 6.42 Å². The van der Waals surface area contributed by atoms with Gasteiger partial charge >= 0.3 is 0 Å². The van der Waals surface area contributed by atoms with Crippen LogP contribution in [0.2, 0.25) is 0 Å². The van der Waals surface area contributed by atoms with Gasteiger partial charge < -0.3 is 9.47 Å². The zero-order chi connectivity index (χ0) is 16.0. The summed E-state index contributed by atoms with van der Waals surface area (Å²) in [5.74, 6) is 0. The zero-order valence-corrected chi connectivity index (χ0v) is 14.9. The predicted octanol–water partition coefficient (Wildman–Crippen LogP) is 5.88. The molecule has 0 saturated carbocycles. The molecule has 0 N–H and O–H groups in total. The Hall–Kier alpha value is -0.600. The summed E-state index contributed by atoms with van der Waals surface area (Å²) in [6.07, 6.45) is 15.4. The summed E-state index contributed by atoms with van der Waals surface area (Å²) in [5, 5.41) is 0. The monoisotopic (exact) mass is 296 g/mol. The molecule has 0 rings (SSSR count). The van der Waals surface area contributed by atoms with E-state index in [1.54, 1.807) is 0 Å². The maximum atomic E-state index is 5.95. The van der Waals surface area contributed by atoms with E-state index in [0.29, 0.717) is 0 Å². The molecule has 0 amide bonds. The number of allylic oxidation sites excluding steroid dienone is 3. The topological polar surface area (TPSA) is 18.5 Å². The summed E-state index contributed by atoms with van der Waals surface area (Å²) in [7, 11) is 0. The molecule has 2 nitrogen and oxygen atoms in total. The van der Waals surface area contributed by atoms with Crippen molar-refractivity contribution in [3.63, 3.8) is 0 Å². The van der Waals surface area contributed by atoms with Crippen molar-refractivity contribution >= 4 is 0 Å². The lowest BCUT2D eigenvalue weighted by Gasteiger charge is -2.30. The van der Waals surface area contributed by atoms with Gasteiger partial charge in [-0.15, -0.1) is 0 Å². The van der Waals surface area contributed by atoms with Gasteiger partial charge in [0.15, 0.2) is 6.29 Å². The molecule has 0 aliphatic carbocycles. The molecule has 0 heterocycles. The van der Waals surface area contributed by atoms with Crippen LogP contribution in [0.5, 0.6) is 0 Å². The van der Waals surface area contributed by atoms with E-state index in [9.17, 15) is 0 Å². The third-order valence-electron chi connectivity index (χ3n) is 3.10. The van der Waals surface area contributed by atoms with E-state index in [0.717, 1.165) is 45.3 Å². The van der Waals surface area contributed by atoms with Crippen LogP contribution >= 0.6 is 0 Å². The Balaban J connectivity index is 3.87. The second kappa shape index (κ2) is 13.1. The highest BCUT2D eigenvalue weighted by molar-refractivity contribution is 4.80. The van der Waals surface area contributed by atoms with E-state index >= 15 is 0 Å². The molecule has 124 valence electrons. The molecule has 0 aliphatic rings. The van der Waals surface area contributed by atoms with Gasteiger partial charge in [0.25, 0.3) is 0 Å². The van der Waals surface area contributed by atoms with Crippen LogP contribution < -0.4 is 0 Å². The van der Waals surface area contributed by atoms with Crippen molar-refractivity contribution in [3.8, 4) is 0 Å². The number of hydrogen-bond donors (Lipinski definition) is 0. The van der Waals surface area contributed by atoms with Crippen molar-refractivity contribution in [2.75, 3.05) is 13.2 Å². The Kier molecular flexibility index (Phi) is 12.7. The summed E-state index contributed by atoms with van der Waals surface area (Å²) in [5.41, 5.74) is 0.0244. The number of unbranched alkanes of at least 4 members (excludes halogenated alkanes) is 2. The van der Waals surface area contributed by atoms with Crippen molar-refractivity contribution in [1.29, 1.82) is 0 Å². The highest BCUT2D eigenvalue weighted by Crippen LogP contribution is 2.23. The average Bonchev–Trinajstić information content (AvgIpc) is 2.42. The van der Waals surface area contributed by atoms with Gasteiger partial charge in [-0.05, 0) is 38.5 Å². The average molecular weight is 296 g/mol. The first-order chi connectivity index (χ1) is 10.0. The highest BCUT2D eigenvalue weighted by Gasteiger charge is 2.25. The third kappa shape index (κ3) is 12.8. The van der Waals surface area contributed by atoms with Crippen LogP contribution in [-0.4, -0.2) is 19.5 Å². The Labute approximate surface area is 132 Å². The number of ether oxygens (including phenoxy) is 2. The fourth-order valence-corrected chi connectivity index (χ4v) is 1.91. The second-order valence-electron chi connectivity index (χ2n) is 6.48. The third-order valence-corrected chi connectivity index (χ3v) is 3.10. The molecule has 0 spiro atoms. The SMILES string of the molecule is CC/C=C\CCCCOC(OCC/C=C\CC)C(C)(C)C. The molecule has 0 saturated heterocycles. The van der Waals surface area contributed by atoms with Crippen LogP contribution in [-0.2, 0) is 9.47 Å². The van der Waals surface area contributed by atoms with Gasteiger partial charge in [-0.25, -0.2) is 0 Å². The zero-order valence-electron chi connectivity index (χ0n) is 14.9. The first kappa shape index (κ1) is 20.4. The molecule has 0 aromatic rings. The molecular weight excluding hydrogens is 260 g/mol. The lowest BCUT2D eigenvalue weighted by molar-refractivity contribution is -0.194. The first-order valence-electron chi connectivity index (χ1n) is 8.55. The maximum absolute atomic E-state index is 5.95. The summed E-state index contributed by atoms with van der Waals surface area (Å²) in [4.78, 5) is 0. The maximum Gasteiger partial charge on any atom is 0.162 e. The molecule has 0 aromatic carbocycles. The number of hydrogen-bond acceptors (Lipinski definition) is 2. The molecule has 21 heavy (non-hydrogen) atoms. The molecular formula is C19H36O2. The van der Waals surface area contributed by atoms with Gasteiger partial charge in [0.05, 0.1) is 6.61 Å². The molecule has 1 atom stereocenters. The van der Waals surface area contributed by atoms with Crippen molar-refractivity contribution in [1.82, 2.24) is 0 Å². The van der Waals surface area contributed by atoms with Crippen molar-refractivity contribution in [3.05, 3.63) is 24.3 Å². The van der Waals surface area contributed by atoms with Crippen LogP contribution in [0, 0.1) is 5.41 Å². The van der Waals surface area contributed by atoms with E-state index in [2.05, 4.69) is 58.9 Å². The fraction of sp³-hybridized carbons (Fsp3) is 0.789. The molecule has 0 radical (unpaired) electrons. The van der Waals surface area contributed by atoms with Gasteiger partial charge in [0.2, 0.25) is 0 Å². The lowest BCUT2D eigenvalue weighted by atomic mass is 9.96. The summed E-state index contributed by atoms with van der Waals surface area (Å²) in [6, 6.07) is 0. The molecule has 1 unspecified atom stereocenters. The van der Waals surface area contributed by atoms with E-state index in [4.69, 9.17) is 9.47 Å². The normalized spacial score (nSPS) is 14.3. The summed E-state index contributed by atoms with van der Waals surface area (Å²) >= 11 is 0. The van der Waals surface area contributed by atoms with E-state index < -0.39 is 0 Å². The second-order valence-corrected chi connectivity index (χ2v) is 6.48. The minimum absolute atomic E-state index is 0.0244. The van der Waals surface area contributed by atoms with Gasteiger partial charge in [-0.2, -0.15) is 0 Å².